The fraction of sp³-hybridized carbons (Fsp3) is 0.0714. The summed E-state index contributed by atoms with van der Waals surface area (Å²) in [6.07, 6.45) is 0. The molecule has 3 heteroatoms. The van der Waals surface area contributed by atoms with Crippen molar-refractivity contribution in [1.82, 2.24) is 0 Å². The second kappa shape index (κ2) is 4.29. The van der Waals surface area contributed by atoms with Gasteiger partial charge < -0.3 is 10.2 Å². The monoisotopic (exact) mass is 228 g/mol. The average Bonchev–Trinajstić information content (AvgIpc) is 2.33. The summed E-state index contributed by atoms with van der Waals surface area (Å²) in [5.41, 5.74) is 1.69. The molecule has 0 atom stereocenters. The number of carbonyl (C=O) groups is 1. The number of hydrogen-bond donors (Lipinski definition) is 2. The van der Waals surface area contributed by atoms with Crippen molar-refractivity contribution in [3.8, 4) is 11.5 Å². The van der Waals surface area contributed by atoms with E-state index in [0.29, 0.717) is 16.7 Å². The lowest BCUT2D eigenvalue weighted by Gasteiger charge is -2.04. The Morgan fingerprint density at radius 1 is 0.941 bits per heavy atom. The Bertz CT molecular complexity index is 556. The lowest BCUT2D eigenvalue weighted by molar-refractivity contribution is 0.103. The predicted octanol–water partition coefficient (Wildman–Crippen LogP) is 2.64. The summed E-state index contributed by atoms with van der Waals surface area (Å²) in [4.78, 5) is 12.1. The molecule has 3 nitrogen and oxygen atoms in total. The van der Waals surface area contributed by atoms with Gasteiger partial charge in [-0.15, -0.1) is 0 Å². The summed E-state index contributed by atoms with van der Waals surface area (Å²) >= 11 is 0. The van der Waals surface area contributed by atoms with Crippen LogP contribution in [-0.4, -0.2) is 16.0 Å². The van der Waals surface area contributed by atoms with Crippen LogP contribution >= 0.6 is 0 Å². The molecule has 17 heavy (non-hydrogen) atoms. The molecule has 0 aliphatic carbocycles. The summed E-state index contributed by atoms with van der Waals surface area (Å²) < 4.78 is 0. The minimum atomic E-state index is -0.131. The second-order valence-electron chi connectivity index (χ2n) is 3.88. The van der Waals surface area contributed by atoms with E-state index in [4.69, 9.17) is 5.11 Å². The van der Waals surface area contributed by atoms with Crippen LogP contribution in [0.1, 0.15) is 21.5 Å². The number of rotatable bonds is 2. The van der Waals surface area contributed by atoms with Gasteiger partial charge in [-0.2, -0.15) is 0 Å². The van der Waals surface area contributed by atoms with Crippen LogP contribution in [0, 0.1) is 6.92 Å². The quantitative estimate of drug-likeness (QED) is 0.777. The summed E-state index contributed by atoms with van der Waals surface area (Å²) in [7, 11) is 0. The fourth-order valence-electron chi connectivity index (χ4n) is 1.58. The molecular weight excluding hydrogens is 216 g/mol. The normalized spacial score (nSPS) is 10.2. The van der Waals surface area contributed by atoms with Crippen LogP contribution in [-0.2, 0) is 0 Å². The van der Waals surface area contributed by atoms with Crippen molar-refractivity contribution < 1.29 is 15.0 Å². The number of carbonyl (C=O) groups excluding carboxylic acids is 1. The van der Waals surface area contributed by atoms with E-state index in [0.717, 1.165) is 0 Å². The van der Waals surface area contributed by atoms with Crippen molar-refractivity contribution in [3.05, 3.63) is 59.2 Å². The maximum atomic E-state index is 12.1. The highest BCUT2D eigenvalue weighted by atomic mass is 16.3. The summed E-state index contributed by atoms with van der Waals surface area (Å²) in [5, 5.41) is 18.5. The molecule has 2 aromatic rings. The molecule has 0 saturated carbocycles. The van der Waals surface area contributed by atoms with Gasteiger partial charge in [0.05, 0.1) is 0 Å². The van der Waals surface area contributed by atoms with Crippen LogP contribution in [0.4, 0.5) is 0 Å². The zero-order chi connectivity index (χ0) is 12.4. The van der Waals surface area contributed by atoms with Gasteiger partial charge >= 0.3 is 0 Å². The molecule has 0 heterocycles. The third kappa shape index (κ3) is 2.28. The number of benzene rings is 2. The molecule has 0 bridgehead atoms. The molecule has 0 radical (unpaired) electrons. The molecule has 0 saturated heterocycles. The Hall–Kier alpha value is -2.29. The van der Waals surface area contributed by atoms with Gasteiger partial charge in [-0.25, -0.2) is 0 Å². The highest BCUT2D eigenvalue weighted by Gasteiger charge is 2.10. The molecule has 2 aromatic carbocycles. The van der Waals surface area contributed by atoms with Gasteiger partial charge in [0.2, 0.25) is 0 Å². The molecule has 2 N–H and O–H groups in total. The van der Waals surface area contributed by atoms with E-state index >= 15 is 0 Å². The Morgan fingerprint density at radius 3 is 2.12 bits per heavy atom. The number of aryl methyl sites for hydroxylation is 1. The van der Waals surface area contributed by atoms with E-state index in [2.05, 4.69) is 0 Å². The number of ketones is 1. The van der Waals surface area contributed by atoms with Gasteiger partial charge in [0.25, 0.3) is 0 Å². The second-order valence-corrected chi connectivity index (χ2v) is 3.88. The Balaban J connectivity index is 2.37. The number of hydrogen-bond acceptors (Lipinski definition) is 3. The maximum absolute atomic E-state index is 12.1. The van der Waals surface area contributed by atoms with E-state index in [1.54, 1.807) is 31.2 Å². The van der Waals surface area contributed by atoms with E-state index in [1.165, 1.54) is 18.2 Å². The van der Waals surface area contributed by atoms with Crippen molar-refractivity contribution in [2.24, 2.45) is 0 Å². The van der Waals surface area contributed by atoms with Crippen LogP contribution in [0.3, 0.4) is 0 Å². The first-order chi connectivity index (χ1) is 8.08. The minimum Gasteiger partial charge on any atom is -0.508 e. The number of phenolic OH excluding ortho intramolecular Hbond substituents is 2. The standard InChI is InChI=1S/C14H12O3/c1-9-8-11(4-7-13(9)16)14(17)10-2-5-12(15)6-3-10/h2-8,15-16H,1H3. The van der Waals surface area contributed by atoms with Crippen LogP contribution < -0.4 is 0 Å². The van der Waals surface area contributed by atoms with Crippen LogP contribution in [0.5, 0.6) is 11.5 Å². The third-order valence-corrected chi connectivity index (χ3v) is 2.59. The lowest BCUT2D eigenvalue weighted by Crippen LogP contribution is -2.01. The van der Waals surface area contributed by atoms with E-state index < -0.39 is 0 Å². The van der Waals surface area contributed by atoms with Crippen molar-refractivity contribution >= 4 is 5.78 Å². The molecule has 0 aromatic heterocycles. The maximum Gasteiger partial charge on any atom is 0.193 e. The fourth-order valence-corrected chi connectivity index (χ4v) is 1.58. The third-order valence-electron chi connectivity index (χ3n) is 2.59. The van der Waals surface area contributed by atoms with Gasteiger partial charge in [-0.05, 0) is 55.0 Å². The Morgan fingerprint density at radius 2 is 1.53 bits per heavy atom. The van der Waals surface area contributed by atoms with Crippen molar-refractivity contribution in [1.29, 1.82) is 0 Å². The Labute approximate surface area is 99.0 Å². The van der Waals surface area contributed by atoms with E-state index in [-0.39, 0.29) is 17.3 Å². The largest absolute Gasteiger partial charge is 0.508 e. The van der Waals surface area contributed by atoms with Crippen molar-refractivity contribution in [3.63, 3.8) is 0 Å². The topological polar surface area (TPSA) is 57.5 Å². The minimum absolute atomic E-state index is 0.128. The first kappa shape index (κ1) is 11.2. The number of phenols is 2. The molecular formula is C14H12O3. The van der Waals surface area contributed by atoms with Crippen LogP contribution in [0.2, 0.25) is 0 Å². The molecule has 2 rings (SSSR count). The zero-order valence-corrected chi connectivity index (χ0v) is 9.34. The van der Waals surface area contributed by atoms with Crippen LogP contribution in [0.15, 0.2) is 42.5 Å². The molecule has 0 fully saturated rings. The van der Waals surface area contributed by atoms with Gasteiger partial charge in [-0.3, -0.25) is 4.79 Å². The van der Waals surface area contributed by atoms with E-state index in [9.17, 15) is 9.90 Å². The van der Waals surface area contributed by atoms with Gasteiger partial charge in [-0.1, -0.05) is 0 Å². The SMILES string of the molecule is Cc1cc(C(=O)c2ccc(O)cc2)ccc1O. The summed E-state index contributed by atoms with van der Waals surface area (Å²) in [5.74, 6) is 0.170. The summed E-state index contributed by atoms with van der Waals surface area (Å²) in [6.45, 7) is 1.74. The highest BCUT2D eigenvalue weighted by molar-refractivity contribution is 6.09. The molecule has 0 spiro atoms. The first-order valence-electron chi connectivity index (χ1n) is 5.21. The molecule has 0 amide bonds. The molecule has 86 valence electrons. The summed E-state index contributed by atoms with van der Waals surface area (Å²) in [6, 6.07) is 10.8. The van der Waals surface area contributed by atoms with Gasteiger partial charge in [0.1, 0.15) is 11.5 Å². The smallest absolute Gasteiger partial charge is 0.193 e. The van der Waals surface area contributed by atoms with Crippen LogP contribution in [0.25, 0.3) is 0 Å². The van der Waals surface area contributed by atoms with Crippen molar-refractivity contribution in [2.45, 2.75) is 6.92 Å². The first-order valence-corrected chi connectivity index (χ1v) is 5.21. The lowest BCUT2D eigenvalue weighted by atomic mass is 10.0. The van der Waals surface area contributed by atoms with Crippen molar-refractivity contribution in [2.75, 3.05) is 0 Å². The molecule has 0 aliphatic rings. The predicted molar refractivity (Wildman–Crippen MR) is 64.4 cm³/mol. The molecule has 0 unspecified atom stereocenters. The average molecular weight is 228 g/mol. The van der Waals surface area contributed by atoms with E-state index in [1.807, 2.05) is 0 Å². The molecule has 0 aliphatic heterocycles. The highest BCUT2D eigenvalue weighted by Crippen LogP contribution is 2.20. The number of aromatic hydroxyl groups is 2. The van der Waals surface area contributed by atoms with Gasteiger partial charge in [0.15, 0.2) is 5.78 Å². The Kier molecular flexibility index (Phi) is 2.83. The van der Waals surface area contributed by atoms with Gasteiger partial charge in [0, 0.05) is 11.1 Å². The zero-order valence-electron chi connectivity index (χ0n) is 9.34.